The van der Waals surface area contributed by atoms with Gasteiger partial charge in [0.15, 0.2) is 11.1 Å². The minimum atomic E-state index is -0.966. The first-order chi connectivity index (χ1) is 11.5. The summed E-state index contributed by atoms with van der Waals surface area (Å²) >= 11 is 1.47. The lowest BCUT2D eigenvalue weighted by molar-refractivity contribution is -0.152. The van der Waals surface area contributed by atoms with E-state index in [1.807, 2.05) is 16.0 Å². The largest absolute Gasteiger partial charge is 0.452 e. The molecule has 1 aromatic carbocycles. The fourth-order valence-electron chi connectivity index (χ4n) is 2.08. The lowest BCUT2D eigenvalue weighted by Crippen LogP contribution is -2.30. The molecule has 0 radical (unpaired) electrons. The molecule has 0 fully saturated rings. The van der Waals surface area contributed by atoms with Crippen LogP contribution in [-0.4, -0.2) is 27.4 Å². The van der Waals surface area contributed by atoms with Crippen molar-refractivity contribution < 1.29 is 18.7 Å². The van der Waals surface area contributed by atoms with Crippen molar-refractivity contribution in [2.75, 3.05) is 5.32 Å². The number of carbonyl (C=O) groups is 2. The molecule has 1 atom stereocenters. The average Bonchev–Trinajstić information content (AvgIpc) is 3.10. The summed E-state index contributed by atoms with van der Waals surface area (Å²) < 4.78 is 19.8. The van der Waals surface area contributed by atoms with Gasteiger partial charge in [0, 0.05) is 23.5 Å². The van der Waals surface area contributed by atoms with Gasteiger partial charge >= 0.3 is 5.97 Å². The second-order valence-electron chi connectivity index (χ2n) is 5.13. The highest BCUT2D eigenvalue weighted by Gasteiger charge is 2.19. The zero-order valence-corrected chi connectivity index (χ0v) is 13.5. The number of benzene rings is 1. The number of aromatic nitrogens is 2. The minimum Gasteiger partial charge on any atom is -0.452 e. The standard InChI is InChI=1S/C16H14FN3O3S/c1-10(15(22)18-12-4-2-11(17)3-5-12)23-14(21)8-13-9-20-6-7-24-16(20)19-13/h2-7,9-10H,8H2,1H3,(H,18,22)/t10-/m0/s1. The van der Waals surface area contributed by atoms with Crippen LogP contribution in [0.4, 0.5) is 10.1 Å². The van der Waals surface area contributed by atoms with Gasteiger partial charge < -0.3 is 10.1 Å². The molecule has 0 spiro atoms. The van der Waals surface area contributed by atoms with Crippen molar-refractivity contribution in [2.24, 2.45) is 0 Å². The Balaban J connectivity index is 1.54. The van der Waals surface area contributed by atoms with Gasteiger partial charge in [0.05, 0.1) is 12.1 Å². The van der Waals surface area contributed by atoms with E-state index < -0.39 is 23.8 Å². The number of hydrogen-bond acceptors (Lipinski definition) is 5. The molecular formula is C16H14FN3O3S. The van der Waals surface area contributed by atoms with E-state index in [9.17, 15) is 14.0 Å². The van der Waals surface area contributed by atoms with Gasteiger partial charge in [0.2, 0.25) is 0 Å². The number of rotatable bonds is 5. The van der Waals surface area contributed by atoms with Crippen molar-refractivity contribution in [3.05, 3.63) is 53.6 Å². The number of fused-ring (bicyclic) bond motifs is 1. The quantitative estimate of drug-likeness (QED) is 0.720. The summed E-state index contributed by atoms with van der Waals surface area (Å²) in [5.74, 6) is -1.42. The Bertz CT molecular complexity index is 844. The molecule has 3 aromatic rings. The fraction of sp³-hybridized carbons (Fsp3) is 0.188. The predicted molar refractivity (Wildman–Crippen MR) is 87.4 cm³/mol. The van der Waals surface area contributed by atoms with Crippen molar-refractivity contribution >= 4 is 33.9 Å². The van der Waals surface area contributed by atoms with Gasteiger partial charge in [-0.25, -0.2) is 9.37 Å². The average molecular weight is 347 g/mol. The second-order valence-corrected chi connectivity index (χ2v) is 6.00. The van der Waals surface area contributed by atoms with Crippen molar-refractivity contribution in [3.8, 4) is 0 Å². The number of carbonyl (C=O) groups excluding carboxylic acids is 2. The van der Waals surface area contributed by atoms with Gasteiger partial charge in [0.25, 0.3) is 5.91 Å². The topological polar surface area (TPSA) is 72.7 Å². The Kier molecular flexibility index (Phi) is 4.57. The second kappa shape index (κ2) is 6.79. The first kappa shape index (κ1) is 16.1. The summed E-state index contributed by atoms with van der Waals surface area (Å²) in [5.41, 5.74) is 1.01. The third-order valence-electron chi connectivity index (χ3n) is 3.26. The molecule has 6 nitrogen and oxygen atoms in total. The van der Waals surface area contributed by atoms with Crippen LogP contribution >= 0.6 is 11.3 Å². The molecule has 0 unspecified atom stereocenters. The van der Waals surface area contributed by atoms with Gasteiger partial charge in [-0.1, -0.05) is 0 Å². The van der Waals surface area contributed by atoms with Crippen LogP contribution in [0.1, 0.15) is 12.6 Å². The molecule has 8 heteroatoms. The van der Waals surface area contributed by atoms with Crippen LogP contribution in [0.3, 0.4) is 0 Å². The first-order valence-electron chi connectivity index (χ1n) is 7.18. The monoisotopic (exact) mass is 347 g/mol. The molecular weight excluding hydrogens is 333 g/mol. The molecule has 0 saturated carbocycles. The van der Waals surface area contributed by atoms with E-state index in [1.54, 1.807) is 6.20 Å². The SMILES string of the molecule is C[C@H](OC(=O)Cc1cn2ccsc2n1)C(=O)Nc1ccc(F)cc1. The third kappa shape index (κ3) is 3.77. The van der Waals surface area contributed by atoms with E-state index in [0.29, 0.717) is 11.4 Å². The molecule has 2 aromatic heterocycles. The number of ether oxygens (including phenoxy) is 1. The van der Waals surface area contributed by atoms with Gasteiger partial charge in [-0.15, -0.1) is 11.3 Å². The maximum atomic E-state index is 12.8. The number of nitrogens with zero attached hydrogens (tertiary/aromatic N) is 2. The van der Waals surface area contributed by atoms with Crippen LogP contribution in [-0.2, 0) is 20.7 Å². The van der Waals surface area contributed by atoms with Gasteiger partial charge in [-0.05, 0) is 31.2 Å². The van der Waals surface area contributed by atoms with Gasteiger partial charge in [-0.3, -0.25) is 14.0 Å². The van der Waals surface area contributed by atoms with Crippen LogP contribution in [0.2, 0.25) is 0 Å². The number of nitrogens with one attached hydrogen (secondary N) is 1. The number of esters is 1. The molecule has 0 saturated heterocycles. The Hall–Kier alpha value is -2.74. The highest BCUT2D eigenvalue weighted by molar-refractivity contribution is 7.15. The van der Waals surface area contributed by atoms with Gasteiger partial charge in [0.1, 0.15) is 5.82 Å². The maximum Gasteiger partial charge on any atom is 0.312 e. The number of hydrogen-bond donors (Lipinski definition) is 1. The van der Waals surface area contributed by atoms with E-state index >= 15 is 0 Å². The summed E-state index contributed by atoms with van der Waals surface area (Å²) in [5, 5.41) is 4.45. The summed E-state index contributed by atoms with van der Waals surface area (Å²) in [4.78, 5) is 29.0. The minimum absolute atomic E-state index is 0.0113. The van der Waals surface area contributed by atoms with E-state index in [0.717, 1.165) is 4.96 Å². The van der Waals surface area contributed by atoms with Crippen molar-refractivity contribution in [2.45, 2.75) is 19.4 Å². The normalized spacial score (nSPS) is 12.1. The number of anilines is 1. The van der Waals surface area contributed by atoms with E-state index in [-0.39, 0.29) is 6.42 Å². The highest BCUT2D eigenvalue weighted by Crippen LogP contribution is 2.13. The summed E-state index contributed by atoms with van der Waals surface area (Å²) in [6, 6.07) is 5.33. The smallest absolute Gasteiger partial charge is 0.312 e. The molecule has 0 aliphatic carbocycles. The molecule has 3 rings (SSSR count). The number of halogens is 1. The molecule has 124 valence electrons. The van der Waals surface area contributed by atoms with E-state index in [4.69, 9.17) is 4.74 Å². The van der Waals surface area contributed by atoms with Crippen LogP contribution in [0, 0.1) is 5.82 Å². The Morgan fingerprint density at radius 3 is 2.83 bits per heavy atom. The molecule has 0 aliphatic rings. The zero-order valence-electron chi connectivity index (χ0n) is 12.7. The summed E-state index contributed by atoms with van der Waals surface area (Å²) in [7, 11) is 0. The number of amides is 1. The Labute approximate surface area is 140 Å². The Morgan fingerprint density at radius 2 is 2.12 bits per heavy atom. The molecule has 24 heavy (non-hydrogen) atoms. The third-order valence-corrected chi connectivity index (χ3v) is 4.03. The molecule has 0 aliphatic heterocycles. The van der Waals surface area contributed by atoms with Crippen molar-refractivity contribution in [3.63, 3.8) is 0 Å². The molecule has 1 amide bonds. The van der Waals surface area contributed by atoms with Crippen LogP contribution in [0.5, 0.6) is 0 Å². The zero-order chi connectivity index (χ0) is 17.1. The van der Waals surface area contributed by atoms with Gasteiger partial charge in [-0.2, -0.15) is 0 Å². The van der Waals surface area contributed by atoms with Crippen molar-refractivity contribution in [1.29, 1.82) is 0 Å². The lowest BCUT2D eigenvalue weighted by Gasteiger charge is -2.13. The first-order valence-corrected chi connectivity index (χ1v) is 8.06. The maximum absolute atomic E-state index is 12.8. The van der Waals surface area contributed by atoms with Crippen LogP contribution in [0.15, 0.2) is 42.0 Å². The van der Waals surface area contributed by atoms with E-state index in [1.165, 1.54) is 42.5 Å². The fourth-order valence-corrected chi connectivity index (χ4v) is 2.80. The summed E-state index contributed by atoms with van der Waals surface area (Å²) in [6.07, 6.45) is 2.62. The predicted octanol–water partition coefficient (Wildman–Crippen LogP) is 2.65. The van der Waals surface area contributed by atoms with Crippen LogP contribution in [0.25, 0.3) is 4.96 Å². The number of thiazole rings is 1. The molecule has 1 N–H and O–H groups in total. The summed E-state index contributed by atoms with van der Waals surface area (Å²) in [6.45, 7) is 1.47. The van der Waals surface area contributed by atoms with Crippen molar-refractivity contribution in [1.82, 2.24) is 9.38 Å². The molecule has 0 bridgehead atoms. The lowest BCUT2D eigenvalue weighted by atomic mass is 10.3. The van der Waals surface area contributed by atoms with Crippen LogP contribution < -0.4 is 5.32 Å². The molecule has 2 heterocycles. The van der Waals surface area contributed by atoms with E-state index in [2.05, 4.69) is 10.3 Å². The highest BCUT2D eigenvalue weighted by atomic mass is 32.1. The number of imidazole rings is 1. The Morgan fingerprint density at radius 1 is 1.38 bits per heavy atom.